The highest BCUT2D eigenvalue weighted by molar-refractivity contribution is 5.19. The van der Waals surface area contributed by atoms with Crippen LogP contribution in [0.3, 0.4) is 0 Å². The van der Waals surface area contributed by atoms with E-state index >= 15 is 0 Å². The molecule has 2 rings (SSSR count). The third-order valence-corrected chi connectivity index (χ3v) is 3.99. The molecule has 2 heteroatoms. The molecule has 0 aromatic heterocycles. The predicted octanol–water partition coefficient (Wildman–Crippen LogP) is 3.67. The normalized spacial score (nSPS) is 27.7. The molecule has 1 saturated carbocycles. The van der Waals surface area contributed by atoms with Gasteiger partial charge < -0.3 is 10.5 Å². The fourth-order valence-electron chi connectivity index (χ4n) is 2.84. The Balaban J connectivity index is 1.89. The summed E-state index contributed by atoms with van der Waals surface area (Å²) in [4.78, 5) is 0. The van der Waals surface area contributed by atoms with Crippen LogP contribution in [0.4, 0.5) is 0 Å². The zero-order valence-electron chi connectivity index (χ0n) is 11.5. The smallest absolute Gasteiger partial charge is 0.0743 e. The molecule has 1 aromatic rings. The molecule has 0 spiro atoms. The summed E-state index contributed by atoms with van der Waals surface area (Å²) in [5.41, 5.74) is 7.43. The van der Waals surface area contributed by atoms with E-state index in [4.69, 9.17) is 10.5 Å². The third kappa shape index (κ3) is 3.56. The molecule has 4 atom stereocenters. The molecule has 0 bridgehead atoms. The van der Waals surface area contributed by atoms with Crippen molar-refractivity contribution in [2.45, 2.75) is 57.8 Å². The van der Waals surface area contributed by atoms with Crippen LogP contribution >= 0.6 is 0 Å². The number of hydrogen-bond donors (Lipinski definition) is 1. The predicted molar refractivity (Wildman–Crippen MR) is 75.3 cm³/mol. The van der Waals surface area contributed by atoms with Gasteiger partial charge in [-0.2, -0.15) is 0 Å². The lowest BCUT2D eigenvalue weighted by molar-refractivity contribution is -0.0410. The molecule has 0 saturated heterocycles. The van der Waals surface area contributed by atoms with Gasteiger partial charge >= 0.3 is 0 Å². The molecular formula is C16H25NO. The van der Waals surface area contributed by atoms with Gasteiger partial charge in [0, 0.05) is 0 Å². The molecule has 4 unspecified atom stereocenters. The van der Waals surface area contributed by atoms with Crippen LogP contribution in [0.2, 0.25) is 0 Å². The number of hydrogen-bond acceptors (Lipinski definition) is 2. The molecule has 0 heterocycles. The molecule has 1 aromatic carbocycles. The Bertz CT molecular complexity index is 351. The SMILES string of the molecule is CC1CCCC(OC(C)C(N)c2ccccc2)C1. The summed E-state index contributed by atoms with van der Waals surface area (Å²) in [6.07, 6.45) is 5.50. The zero-order valence-corrected chi connectivity index (χ0v) is 11.5. The van der Waals surface area contributed by atoms with Crippen molar-refractivity contribution >= 4 is 0 Å². The highest BCUT2D eigenvalue weighted by Crippen LogP contribution is 2.28. The maximum Gasteiger partial charge on any atom is 0.0743 e. The van der Waals surface area contributed by atoms with E-state index in [0.29, 0.717) is 6.10 Å². The lowest BCUT2D eigenvalue weighted by Gasteiger charge is -2.31. The van der Waals surface area contributed by atoms with Crippen LogP contribution in [-0.2, 0) is 4.74 Å². The minimum absolute atomic E-state index is 0.0246. The first-order valence-corrected chi connectivity index (χ1v) is 7.13. The molecule has 0 amide bonds. The van der Waals surface area contributed by atoms with Crippen molar-refractivity contribution in [3.05, 3.63) is 35.9 Å². The van der Waals surface area contributed by atoms with E-state index in [1.165, 1.54) is 25.7 Å². The van der Waals surface area contributed by atoms with E-state index < -0.39 is 0 Å². The zero-order chi connectivity index (χ0) is 13.0. The Kier molecular flexibility index (Phi) is 4.79. The first-order valence-electron chi connectivity index (χ1n) is 7.13. The van der Waals surface area contributed by atoms with Crippen molar-refractivity contribution in [3.63, 3.8) is 0 Å². The Morgan fingerprint density at radius 2 is 1.94 bits per heavy atom. The van der Waals surface area contributed by atoms with Gasteiger partial charge in [0.2, 0.25) is 0 Å². The van der Waals surface area contributed by atoms with Gasteiger partial charge in [-0.3, -0.25) is 0 Å². The van der Waals surface area contributed by atoms with Gasteiger partial charge in [-0.1, -0.05) is 50.1 Å². The highest BCUT2D eigenvalue weighted by Gasteiger charge is 2.24. The lowest BCUT2D eigenvalue weighted by atomic mass is 9.88. The van der Waals surface area contributed by atoms with Crippen LogP contribution in [0.1, 0.15) is 51.1 Å². The van der Waals surface area contributed by atoms with Crippen molar-refractivity contribution < 1.29 is 4.74 Å². The first-order chi connectivity index (χ1) is 8.66. The molecule has 2 N–H and O–H groups in total. The second-order valence-electron chi connectivity index (χ2n) is 5.67. The molecule has 0 aliphatic heterocycles. The molecule has 100 valence electrons. The second kappa shape index (κ2) is 6.35. The maximum atomic E-state index is 6.27. The van der Waals surface area contributed by atoms with Crippen LogP contribution in [-0.4, -0.2) is 12.2 Å². The molecule has 18 heavy (non-hydrogen) atoms. The van der Waals surface area contributed by atoms with Crippen molar-refractivity contribution in [3.8, 4) is 0 Å². The van der Waals surface area contributed by atoms with Crippen LogP contribution in [0.25, 0.3) is 0 Å². The van der Waals surface area contributed by atoms with E-state index in [2.05, 4.69) is 26.0 Å². The monoisotopic (exact) mass is 247 g/mol. The van der Waals surface area contributed by atoms with Crippen molar-refractivity contribution in [2.24, 2.45) is 11.7 Å². The van der Waals surface area contributed by atoms with E-state index in [1.54, 1.807) is 0 Å². The van der Waals surface area contributed by atoms with Gasteiger partial charge in [-0.15, -0.1) is 0 Å². The van der Waals surface area contributed by atoms with Gasteiger partial charge in [0.25, 0.3) is 0 Å². The van der Waals surface area contributed by atoms with Gasteiger partial charge in [0.05, 0.1) is 18.2 Å². The molecule has 2 nitrogen and oxygen atoms in total. The summed E-state index contributed by atoms with van der Waals surface area (Å²) >= 11 is 0. The topological polar surface area (TPSA) is 35.2 Å². The van der Waals surface area contributed by atoms with Crippen LogP contribution < -0.4 is 5.73 Å². The lowest BCUT2D eigenvalue weighted by Crippen LogP contribution is -2.32. The highest BCUT2D eigenvalue weighted by atomic mass is 16.5. The molecular weight excluding hydrogens is 222 g/mol. The largest absolute Gasteiger partial charge is 0.373 e. The van der Waals surface area contributed by atoms with E-state index in [9.17, 15) is 0 Å². The minimum atomic E-state index is -0.0246. The second-order valence-corrected chi connectivity index (χ2v) is 5.67. The van der Waals surface area contributed by atoms with E-state index in [-0.39, 0.29) is 12.1 Å². The molecule has 1 fully saturated rings. The summed E-state index contributed by atoms with van der Waals surface area (Å²) in [5.74, 6) is 0.795. The van der Waals surface area contributed by atoms with Crippen molar-refractivity contribution in [1.82, 2.24) is 0 Å². The van der Waals surface area contributed by atoms with E-state index in [0.717, 1.165) is 11.5 Å². The van der Waals surface area contributed by atoms with E-state index in [1.807, 2.05) is 18.2 Å². The summed E-state index contributed by atoms with van der Waals surface area (Å²) in [6.45, 7) is 4.41. The standard InChI is InChI=1S/C16H25NO/c1-12-7-6-10-15(11-12)18-13(2)16(17)14-8-4-3-5-9-14/h3-5,8-9,12-13,15-16H,6-7,10-11,17H2,1-2H3. The third-order valence-electron chi connectivity index (χ3n) is 3.99. The summed E-state index contributed by atoms with van der Waals surface area (Å²) < 4.78 is 6.15. The van der Waals surface area contributed by atoms with Gasteiger partial charge in [0.1, 0.15) is 0 Å². The molecule has 1 aliphatic carbocycles. The quantitative estimate of drug-likeness (QED) is 0.881. The number of nitrogens with two attached hydrogens (primary N) is 1. The fourth-order valence-corrected chi connectivity index (χ4v) is 2.84. The van der Waals surface area contributed by atoms with Crippen molar-refractivity contribution in [2.75, 3.05) is 0 Å². The fraction of sp³-hybridized carbons (Fsp3) is 0.625. The Labute approximate surface area is 111 Å². The van der Waals surface area contributed by atoms with Gasteiger partial charge in [-0.05, 0) is 31.2 Å². The minimum Gasteiger partial charge on any atom is -0.373 e. The van der Waals surface area contributed by atoms with Crippen LogP contribution in [0.5, 0.6) is 0 Å². The Hall–Kier alpha value is -0.860. The molecule has 0 radical (unpaired) electrons. The van der Waals surface area contributed by atoms with Gasteiger partial charge in [-0.25, -0.2) is 0 Å². The Morgan fingerprint density at radius 1 is 1.22 bits per heavy atom. The summed E-state index contributed by atoms with van der Waals surface area (Å²) in [6, 6.07) is 10.2. The van der Waals surface area contributed by atoms with Crippen LogP contribution in [0, 0.1) is 5.92 Å². The number of rotatable bonds is 4. The maximum absolute atomic E-state index is 6.27. The van der Waals surface area contributed by atoms with Crippen molar-refractivity contribution in [1.29, 1.82) is 0 Å². The average molecular weight is 247 g/mol. The molecule has 1 aliphatic rings. The Morgan fingerprint density at radius 3 is 2.61 bits per heavy atom. The number of benzene rings is 1. The summed E-state index contributed by atoms with van der Waals surface area (Å²) in [5, 5.41) is 0. The number of ether oxygens (including phenoxy) is 1. The van der Waals surface area contributed by atoms with Crippen LogP contribution in [0.15, 0.2) is 30.3 Å². The summed E-state index contributed by atoms with van der Waals surface area (Å²) in [7, 11) is 0. The van der Waals surface area contributed by atoms with Gasteiger partial charge in [0.15, 0.2) is 0 Å². The average Bonchev–Trinajstić information content (AvgIpc) is 2.39. The first kappa shape index (κ1) is 13.6.